The summed E-state index contributed by atoms with van der Waals surface area (Å²) in [6.45, 7) is 0.380. The predicted octanol–water partition coefficient (Wildman–Crippen LogP) is 3.93. The maximum absolute atomic E-state index is 10.4. The lowest BCUT2D eigenvalue weighted by Gasteiger charge is -2.13. The third-order valence-electron chi connectivity index (χ3n) is 4.08. The van der Waals surface area contributed by atoms with Crippen LogP contribution in [0.4, 0.5) is 5.82 Å². The average molecular weight is 315 g/mol. The van der Waals surface area contributed by atoms with Gasteiger partial charge < -0.3 is 10.4 Å². The molecule has 24 heavy (non-hydrogen) atoms. The van der Waals surface area contributed by atoms with Crippen LogP contribution in [0, 0.1) is 0 Å². The molecule has 1 unspecified atom stereocenters. The molecule has 0 saturated heterocycles. The zero-order valence-electron chi connectivity index (χ0n) is 13.1. The van der Waals surface area contributed by atoms with E-state index in [-0.39, 0.29) is 0 Å². The van der Waals surface area contributed by atoms with Gasteiger partial charge in [-0.3, -0.25) is 4.98 Å². The number of anilines is 1. The topological polar surface area (TPSA) is 58.0 Å². The Bertz CT molecular complexity index is 1000. The number of hydrogen-bond acceptors (Lipinski definition) is 4. The van der Waals surface area contributed by atoms with Gasteiger partial charge in [0, 0.05) is 6.54 Å². The molecule has 1 aromatic heterocycles. The molecule has 0 fully saturated rings. The lowest BCUT2D eigenvalue weighted by molar-refractivity contribution is 0.191. The van der Waals surface area contributed by atoms with E-state index in [0.29, 0.717) is 12.4 Å². The van der Waals surface area contributed by atoms with Crippen LogP contribution in [0.3, 0.4) is 0 Å². The average Bonchev–Trinajstić information content (AvgIpc) is 2.65. The molecule has 4 aromatic rings. The minimum Gasteiger partial charge on any atom is -0.387 e. The van der Waals surface area contributed by atoms with Crippen LogP contribution in [0.1, 0.15) is 11.7 Å². The Hall–Kier alpha value is -2.98. The largest absolute Gasteiger partial charge is 0.387 e. The summed E-state index contributed by atoms with van der Waals surface area (Å²) in [5.41, 5.74) is 2.58. The van der Waals surface area contributed by atoms with E-state index in [0.717, 1.165) is 22.0 Å². The van der Waals surface area contributed by atoms with Gasteiger partial charge in [0.25, 0.3) is 0 Å². The number of nitrogens with zero attached hydrogens (tertiary/aromatic N) is 2. The summed E-state index contributed by atoms with van der Waals surface area (Å²) in [6, 6.07) is 21.9. The monoisotopic (exact) mass is 315 g/mol. The SMILES string of the molecule is OC(CNc1cnc2ccccc2n1)c1ccc2ccccc2c1. The minimum absolute atomic E-state index is 0.380. The van der Waals surface area contributed by atoms with Crippen molar-refractivity contribution in [3.63, 3.8) is 0 Å². The first-order valence-electron chi connectivity index (χ1n) is 7.92. The van der Waals surface area contributed by atoms with Crippen molar-refractivity contribution >= 4 is 27.6 Å². The van der Waals surface area contributed by atoms with Gasteiger partial charge >= 0.3 is 0 Å². The maximum Gasteiger partial charge on any atom is 0.145 e. The van der Waals surface area contributed by atoms with E-state index in [2.05, 4.69) is 21.4 Å². The summed E-state index contributed by atoms with van der Waals surface area (Å²) in [6.07, 6.45) is 1.08. The zero-order valence-corrected chi connectivity index (χ0v) is 13.1. The van der Waals surface area contributed by atoms with Gasteiger partial charge in [-0.15, -0.1) is 0 Å². The first kappa shape index (κ1) is 14.6. The van der Waals surface area contributed by atoms with Crippen LogP contribution in [0.25, 0.3) is 21.8 Å². The van der Waals surface area contributed by atoms with Gasteiger partial charge in [-0.2, -0.15) is 0 Å². The molecular weight excluding hydrogens is 298 g/mol. The highest BCUT2D eigenvalue weighted by atomic mass is 16.3. The van der Waals surface area contributed by atoms with Crippen molar-refractivity contribution in [2.24, 2.45) is 0 Å². The van der Waals surface area contributed by atoms with Gasteiger partial charge in [0.15, 0.2) is 0 Å². The molecule has 0 amide bonds. The lowest BCUT2D eigenvalue weighted by Crippen LogP contribution is -2.13. The van der Waals surface area contributed by atoms with Crippen LogP contribution in [-0.2, 0) is 0 Å². The molecule has 1 atom stereocenters. The number of hydrogen-bond donors (Lipinski definition) is 2. The van der Waals surface area contributed by atoms with Crippen LogP contribution in [0.2, 0.25) is 0 Å². The Labute approximate surface area is 139 Å². The Kier molecular flexibility index (Phi) is 3.81. The molecule has 2 N–H and O–H groups in total. The van der Waals surface area contributed by atoms with Crippen LogP contribution >= 0.6 is 0 Å². The number of aromatic nitrogens is 2. The van der Waals surface area contributed by atoms with Gasteiger partial charge in [-0.1, -0.05) is 48.5 Å². The number of benzene rings is 3. The molecule has 0 aliphatic rings. The first-order chi connectivity index (χ1) is 11.8. The second-order valence-corrected chi connectivity index (χ2v) is 5.75. The molecule has 0 aliphatic carbocycles. The van der Waals surface area contributed by atoms with Gasteiger partial charge in [0.2, 0.25) is 0 Å². The van der Waals surface area contributed by atoms with E-state index in [1.54, 1.807) is 6.20 Å². The van der Waals surface area contributed by atoms with Crippen LogP contribution in [0.5, 0.6) is 0 Å². The summed E-state index contributed by atoms with van der Waals surface area (Å²) in [4.78, 5) is 8.87. The quantitative estimate of drug-likeness (QED) is 0.599. The molecule has 0 saturated carbocycles. The molecule has 3 aromatic carbocycles. The molecule has 4 rings (SSSR count). The van der Waals surface area contributed by atoms with E-state index < -0.39 is 6.10 Å². The smallest absolute Gasteiger partial charge is 0.145 e. The van der Waals surface area contributed by atoms with Crippen molar-refractivity contribution in [1.82, 2.24) is 9.97 Å². The molecule has 118 valence electrons. The summed E-state index contributed by atoms with van der Waals surface area (Å²) >= 11 is 0. The van der Waals surface area contributed by atoms with Crippen molar-refractivity contribution in [2.45, 2.75) is 6.10 Å². The van der Waals surface area contributed by atoms with E-state index in [1.807, 2.05) is 60.7 Å². The number of aliphatic hydroxyl groups is 1. The second kappa shape index (κ2) is 6.26. The third-order valence-corrected chi connectivity index (χ3v) is 4.08. The van der Waals surface area contributed by atoms with E-state index in [4.69, 9.17) is 0 Å². The fourth-order valence-corrected chi connectivity index (χ4v) is 2.78. The Morgan fingerprint density at radius 3 is 2.50 bits per heavy atom. The van der Waals surface area contributed by atoms with E-state index in [1.165, 1.54) is 5.39 Å². The van der Waals surface area contributed by atoms with Crippen molar-refractivity contribution < 1.29 is 5.11 Å². The summed E-state index contributed by atoms with van der Waals surface area (Å²) in [7, 11) is 0. The number of nitrogens with one attached hydrogen (secondary N) is 1. The number of fused-ring (bicyclic) bond motifs is 2. The normalized spacial score (nSPS) is 12.4. The summed E-state index contributed by atoms with van der Waals surface area (Å²) in [5.74, 6) is 0.661. The highest BCUT2D eigenvalue weighted by Crippen LogP contribution is 2.21. The number of rotatable bonds is 4. The Morgan fingerprint density at radius 2 is 1.62 bits per heavy atom. The molecule has 4 heteroatoms. The Morgan fingerprint density at radius 1 is 0.875 bits per heavy atom. The molecule has 4 nitrogen and oxygen atoms in total. The van der Waals surface area contributed by atoms with Crippen molar-refractivity contribution in [1.29, 1.82) is 0 Å². The first-order valence-corrected chi connectivity index (χ1v) is 7.92. The summed E-state index contributed by atoms with van der Waals surface area (Å²) < 4.78 is 0. The third kappa shape index (κ3) is 2.92. The van der Waals surface area contributed by atoms with E-state index in [9.17, 15) is 5.11 Å². The fraction of sp³-hybridized carbons (Fsp3) is 0.100. The second-order valence-electron chi connectivity index (χ2n) is 5.75. The molecule has 0 aliphatic heterocycles. The predicted molar refractivity (Wildman–Crippen MR) is 96.9 cm³/mol. The van der Waals surface area contributed by atoms with E-state index >= 15 is 0 Å². The molecule has 0 spiro atoms. The highest BCUT2D eigenvalue weighted by molar-refractivity contribution is 5.83. The van der Waals surface area contributed by atoms with Crippen LogP contribution < -0.4 is 5.32 Å². The van der Waals surface area contributed by atoms with Gasteiger partial charge in [0.1, 0.15) is 5.82 Å². The number of aliphatic hydroxyl groups excluding tert-OH is 1. The molecule has 1 heterocycles. The van der Waals surface area contributed by atoms with Crippen molar-refractivity contribution in [3.8, 4) is 0 Å². The minimum atomic E-state index is -0.608. The fourth-order valence-electron chi connectivity index (χ4n) is 2.78. The van der Waals surface area contributed by atoms with Gasteiger partial charge in [-0.05, 0) is 34.5 Å². The van der Waals surface area contributed by atoms with Crippen LogP contribution in [-0.4, -0.2) is 21.6 Å². The Balaban J connectivity index is 1.50. The number of para-hydroxylation sites is 2. The lowest BCUT2D eigenvalue weighted by atomic mass is 10.0. The highest BCUT2D eigenvalue weighted by Gasteiger charge is 2.09. The van der Waals surface area contributed by atoms with Crippen LogP contribution in [0.15, 0.2) is 72.9 Å². The van der Waals surface area contributed by atoms with Crippen molar-refractivity contribution in [2.75, 3.05) is 11.9 Å². The standard InChI is InChI=1S/C20H17N3O/c24-19(16-10-9-14-5-1-2-6-15(14)11-16)12-22-20-13-21-17-7-3-4-8-18(17)23-20/h1-11,13,19,24H,12H2,(H,22,23). The van der Waals surface area contributed by atoms with Crippen molar-refractivity contribution in [3.05, 3.63) is 78.5 Å². The summed E-state index contributed by atoms with van der Waals surface area (Å²) in [5, 5.41) is 15.9. The van der Waals surface area contributed by atoms with Gasteiger partial charge in [-0.25, -0.2) is 4.98 Å². The molecular formula is C20H17N3O. The molecule has 0 radical (unpaired) electrons. The zero-order chi connectivity index (χ0) is 16.4. The maximum atomic E-state index is 10.4. The van der Waals surface area contributed by atoms with Gasteiger partial charge in [0.05, 0.1) is 23.3 Å². The molecule has 0 bridgehead atoms.